The fourth-order valence-electron chi connectivity index (χ4n) is 1.81. The molecule has 1 aromatic carbocycles. The molecular formula is C12H7N3O4S. The molecule has 0 saturated heterocycles. The van der Waals surface area contributed by atoms with E-state index in [1.807, 2.05) is 0 Å². The van der Waals surface area contributed by atoms with Gasteiger partial charge in [-0.2, -0.15) is 0 Å². The van der Waals surface area contributed by atoms with Crippen molar-refractivity contribution in [3.05, 3.63) is 50.1 Å². The van der Waals surface area contributed by atoms with E-state index in [0.29, 0.717) is 11.1 Å². The third-order valence-corrected chi connectivity index (χ3v) is 3.61. The maximum atomic E-state index is 11.9. The summed E-state index contributed by atoms with van der Waals surface area (Å²) in [6, 6.07) is 5.62. The largest absolute Gasteiger partial charge is 0.508 e. The molecule has 2 heterocycles. The molecule has 0 bridgehead atoms. The number of phenolic OH excluding ortho intramolecular Hbond substituents is 1. The van der Waals surface area contributed by atoms with Crippen LogP contribution in [0.25, 0.3) is 22.3 Å². The lowest BCUT2D eigenvalue weighted by molar-refractivity contribution is -0.380. The van der Waals surface area contributed by atoms with Crippen LogP contribution in [0.4, 0.5) is 5.00 Å². The third kappa shape index (κ3) is 2.01. The molecule has 0 spiro atoms. The second kappa shape index (κ2) is 4.42. The molecular weight excluding hydrogens is 282 g/mol. The number of aromatic amines is 1. The van der Waals surface area contributed by atoms with E-state index < -0.39 is 10.5 Å². The molecule has 0 aliphatic carbocycles. The van der Waals surface area contributed by atoms with Crippen molar-refractivity contribution in [2.45, 2.75) is 0 Å². The minimum absolute atomic E-state index is 0.0200. The molecule has 100 valence electrons. The van der Waals surface area contributed by atoms with Gasteiger partial charge in [0.25, 0.3) is 5.56 Å². The van der Waals surface area contributed by atoms with Gasteiger partial charge in [-0.3, -0.25) is 14.9 Å². The average molecular weight is 289 g/mol. The van der Waals surface area contributed by atoms with Crippen LogP contribution in [-0.2, 0) is 0 Å². The number of thiophene rings is 1. The van der Waals surface area contributed by atoms with Crippen molar-refractivity contribution in [3.63, 3.8) is 0 Å². The van der Waals surface area contributed by atoms with Gasteiger partial charge in [0, 0.05) is 17.0 Å². The van der Waals surface area contributed by atoms with Crippen molar-refractivity contribution in [1.29, 1.82) is 0 Å². The highest BCUT2D eigenvalue weighted by atomic mass is 32.1. The van der Waals surface area contributed by atoms with E-state index in [4.69, 9.17) is 0 Å². The molecule has 0 unspecified atom stereocenters. The molecule has 0 aliphatic rings. The van der Waals surface area contributed by atoms with Crippen molar-refractivity contribution in [2.75, 3.05) is 0 Å². The first-order valence-electron chi connectivity index (χ1n) is 5.51. The summed E-state index contributed by atoms with van der Waals surface area (Å²) in [6.45, 7) is 0. The summed E-state index contributed by atoms with van der Waals surface area (Å²) in [5, 5.41) is 21.8. The molecule has 3 rings (SSSR count). The van der Waals surface area contributed by atoms with Crippen molar-refractivity contribution in [1.82, 2.24) is 9.97 Å². The molecule has 0 amide bonds. The zero-order valence-corrected chi connectivity index (χ0v) is 10.7. The zero-order valence-electron chi connectivity index (χ0n) is 9.86. The topological polar surface area (TPSA) is 109 Å². The molecule has 0 aliphatic heterocycles. The van der Waals surface area contributed by atoms with Gasteiger partial charge < -0.3 is 10.1 Å². The molecule has 20 heavy (non-hydrogen) atoms. The number of nitrogens with zero attached hydrogens (tertiary/aromatic N) is 2. The Kier molecular flexibility index (Phi) is 2.72. The number of H-pyrrole nitrogens is 1. The number of phenols is 1. The van der Waals surface area contributed by atoms with Gasteiger partial charge in [0.15, 0.2) is 0 Å². The van der Waals surface area contributed by atoms with E-state index in [9.17, 15) is 20.0 Å². The van der Waals surface area contributed by atoms with Gasteiger partial charge in [-0.15, -0.1) is 0 Å². The fourth-order valence-corrected chi connectivity index (χ4v) is 2.52. The maximum Gasteiger partial charge on any atom is 0.324 e. The first kappa shape index (κ1) is 12.3. The molecule has 0 atom stereocenters. The Morgan fingerprint density at radius 3 is 2.85 bits per heavy atom. The van der Waals surface area contributed by atoms with Crippen molar-refractivity contribution < 1.29 is 10.0 Å². The van der Waals surface area contributed by atoms with E-state index in [2.05, 4.69) is 9.97 Å². The third-order valence-electron chi connectivity index (χ3n) is 2.73. The molecule has 0 radical (unpaired) electrons. The lowest BCUT2D eigenvalue weighted by Gasteiger charge is -2.01. The van der Waals surface area contributed by atoms with Crippen LogP contribution < -0.4 is 5.56 Å². The molecule has 8 heteroatoms. The molecule has 0 saturated carbocycles. The van der Waals surface area contributed by atoms with E-state index in [-0.39, 0.29) is 22.0 Å². The Labute approximate surface area is 115 Å². The van der Waals surface area contributed by atoms with Gasteiger partial charge in [0.2, 0.25) is 0 Å². The molecule has 0 fully saturated rings. The molecule has 2 aromatic heterocycles. The predicted octanol–water partition coefficient (Wildman–Crippen LogP) is 2.27. The zero-order chi connectivity index (χ0) is 14.3. The van der Waals surface area contributed by atoms with E-state index in [1.54, 1.807) is 5.38 Å². The smallest absolute Gasteiger partial charge is 0.324 e. The Morgan fingerprint density at radius 2 is 2.15 bits per heavy atom. The second-order valence-electron chi connectivity index (χ2n) is 4.05. The highest BCUT2D eigenvalue weighted by molar-refractivity contribution is 7.13. The Hall–Kier alpha value is -2.74. The van der Waals surface area contributed by atoms with Crippen LogP contribution in [0.5, 0.6) is 5.75 Å². The predicted molar refractivity (Wildman–Crippen MR) is 74.0 cm³/mol. The Bertz CT molecular complexity index is 884. The van der Waals surface area contributed by atoms with Crippen molar-refractivity contribution in [3.8, 4) is 17.1 Å². The Balaban J connectivity index is 2.19. The normalized spacial score (nSPS) is 10.8. The van der Waals surface area contributed by atoms with Gasteiger partial charge in [0.1, 0.15) is 11.6 Å². The van der Waals surface area contributed by atoms with Crippen LogP contribution in [0, 0.1) is 10.1 Å². The number of nitrogens with one attached hydrogen (secondary N) is 1. The van der Waals surface area contributed by atoms with Crippen LogP contribution in [0.1, 0.15) is 0 Å². The lowest BCUT2D eigenvalue weighted by Crippen LogP contribution is -2.09. The highest BCUT2D eigenvalue weighted by Crippen LogP contribution is 2.28. The standard InChI is InChI=1S/C12H7N3O4S/c16-7-1-2-9-8(4-7)12(17)14-11(13-9)6-3-10(15(18)19)20-5-6/h1-5,16H,(H,13,14,17). The number of hydrogen-bond acceptors (Lipinski definition) is 6. The summed E-state index contributed by atoms with van der Waals surface area (Å²) in [5.41, 5.74) is 0.485. The summed E-state index contributed by atoms with van der Waals surface area (Å²) in [6.07, 6.45) is 0. The van der Waals surface area contributed by atoms with Crippen molar-refractivity contribution >= 4 is 27.2 Å². The van der Waals surface area contributed by atoms with Crippen LogP contribution in [0.2, 0.25) is 0 Å². The fraction of sp³-hybridized carbons (Fsp3) is 0. The number of rotatable bonds is 2. The van der Waals surface area contributed by atoms with Crippen LogP contribution in [0.3, 0.4) is 0 Å². The molecule has 7 nitrogen and oxygen atoms in total. The summed E-state index contributed by atoms with van der Waals surface area (Å²) in [4.78, 5) is 28.9. The second-order valence-corrected chi connectivity index (χ2v) is 4.94. The first-order valence-corrected chi connectivity index (χ1v) is 6.39. The van der Waals surface area contributed by atoms with E-state index in [1.165, 1.54) is 24.3 Å². The monoisotopic (exact) mass is 289 g/mol. The van der Waals surface area contributed by atoms with E-state index in [0.717, 1.165) is 11.3 Å². The number of aromatic hydroxyl groups is 1. The summed E-state index contributed by atoms with van der Waals surface area (Å²) in [7, 11) is 0. The SMILES string of the molecule is O=c1[nH]c(-c2csc([N+](=O)[O-])c2)nc2ccc(O)cc12. The number of benzene rings is 1. The maximum absolute atomic E-state index is 11.9. The average Bonchev–Trinajstić information content (AvgIpc) is 2.89. The number of aromatic nitrogens is 2. The quantitative estimate of drug-likeness (QED) is 0.555. The van der Waals surface area contributed by atoms with Crippen LogP contribution in [-0.4, -0.2) is 20.0 Å². The van der Waals surface area contributed by atoms with Gasteiger partial charge in [-0.05, 0) is 18.2 Å². The summed E-state index contributed by atoms with van der Waals surface area (Å²) >= 11 is 0.965. The minimum Gasteiger partial charge on any atom is -0.508 e. The van der Waals surface area contributed by atoms with Crippen molar-refractivity contribution in [2.24, 2.45) is 0 Å². The van der Waals surface area contributed by atoms with Gasteiger partial charge >= 0.3 is 5.00 Å². The summed E-state index contributed by atoms with van der Waals surface area (Å²) in [5.74, 6) is 0.237. The van der Waals surface area contributed by atoms with Gasteiger partial charge in [-0.1, -0.05) is 11.3 Å². The highest BCUT2D eigenvalue weighted by Gasteiger charge is 2.13. The molecule has 3 aromatic rings. The van der Waals surface area contributed by atoms with Gasteiger partial charge in [0.05, 0.1) is 15.8 Å². The summed E-state index contributed by atoms with van der Waals surface area (Å²) < 4.78 is 0. The van der Waals surface area contributed by atoms with Crippen LogP contribution >= 0.6 is 11.3 Å². The minimum atomic E-state index is -0.495. The number of nitro groups is 1. The number of hydrogen-bond donors (Lipinski definition) is 2. The molecule has 2 N–H and O–H groups in total. The first-order chi connectivity index (χ1) is 9.54. The van der Waals surface area contributed by atoms with Crippen LogP contribution in [0.15, 0.2) is 34.4 Å². The van der Waals surface area contributed by atoms with Gasteiger partial charge in [-0.25, -0.2) is 4.98 Å². The number of fused-ring (bicyclic) bond motifs is 1. The van der Waals surface area contributed by atoms with E-state index >= 15 is 0 Å². The lowest BCUT2D eigenvalue weighted by atomic mass is 10.2. The Morgan fingerprint density at radius 1 is 1.35 bits per heavy atom.